The van der Waals surface area contributed by atoms with Gasteiger partial charge in [0.1, 0.15) is 18.4 Å². The Hall–Kier alpha value is -0.920. The third-order valence-electron chi connectivity index (χ3n) is 2.19. The van der Waals surface area contributed by atoms with E-state index in [1.165, 1.54) is 0 Å². The highest BCUT2D eigenvalue weighted by Gasteiger charge is 2.19. The van der Waals surface area contributed by atoms with Gasteiger partial charge in [-0.25, -0.2) is 9.78 Å². The maximum absolute atomic E-state index is 11.5. The smallest absolute Gasteiger partial charge is 0.411 e. The zero-order chi connectivity index (χ0) is 12.6. The second-order valence-electron chi connectivity index (χ2n) is 3.49. The number of carbonyl (C=O) groups is 1. The van der Waals surface area contributed by atoms with Gasteiger partial charge in [-0.3, -0.25) is 4.90 Å². The highest BCUT2D eigenvalue weighted by molar-refractivity contribution is 8.76. The summed E-state index contributed by atoms with van der Waals surface area (Å²) in [6.45, 7) is 1.96. The van der Waals surface area contributed by atoms with Crippen LogP contribution in [-0.4, -0.2) is 48.2 Å². The monoisotopic (exact) mass is 286 g/mol. The molecule has 0 spiro atoms. The second kappa shape index (κ2) is 7.50. The summed E-state index contributed by atoms with van der Waals surface area (Å²) in [5.74, 6) is 0.738. The maximum atomic E-state index is 11.5. The van der Waals surface area contributed by atoms with E-state index in [2.05, 4.69) is 4.98 Å². The summed E-state index contributed by atoms with van der Waals surface area (Å²) in [6, 6.07) is 5.78. The van der Waals surface area contributed by atoms with E-state index in [9.17, 15) is 4.79 Å². The van der Waals surface area contributed by atoms with Crippen LogP contribution in [0, 0.1) is 0 Å². The zero-order valence-electron chi connectivity index (χ0n) is 9.78. The molecule has 1 amide bonds. The number of aromatic nitrogens is 1. The normalized spacial score (nSPS) is 14.8. The highest BCUT2D eigenvalue weighted by Crippen LogP contribution is 2.28. The van der Waals surface area contributed by atoms with Crippen LogP contribution in [0.1, 0.15) is 0 Å². The molecule has 0 N–H and O–H groups in total. The van der Waals surface area contributed by atoms with Gasteiger partial charge in [-0.15, -0.1) is 0 Å². The lowest BCUT2D eigenvalue weighted by Gasteiger charge is -2.12. The average molecular weight is 286 g/mol. The molecule has 0 radical (unpaired) electrons. The van der Waals surface area contributed by atoms with Crippen LogP contribution >= 0.6 is 21.6 Å². The predicted octanol–water partition coefficient (Wildman–Crippen LogP) is 2.25. The number of carbonyl (C=O) groups excluding carboxylic acids is 1. The summed E-state index contributed by atoms with van der Waals surface area (Å²) < 4.78 is 10.2. The van der Waals surface area contributed by atoms with Gasteiger partial charge in [0, 0.05) is 18.5 Å². The van der Waals surface area contributed by atoms with Gasteiger partial charge < -0.3 is 9.47 Å². The molecule has 2 heterocycles. The van der Waals surface area contributed by atoms with Gasteiger partial charge in [0.05, 0.1) is 6.61 Å². The van der Waals surface area contributed by atoms with Crippen LogP contribution in [0.2, 0.25) is 0 Å². The van der Waals surface area contributed by atoms with E-state index in [4.69, 9.17) is 9.47 Å². The van der Waals surface area contributed by atoms with Crippen LogP contribution in [0.15, 0.2) is 29.4 Å². The number of hydrogen-bond acceptors (Lipinski definition) is 6. The maximum Gasteiger partial charge on any atom is 0.411 e. The minimum atomic E-state index is -0.295. The molecular weight excluding hydrogens is 272 g/mol. The van der Waals surface area contributed by atoms with Crippen molar-refractivity contribution in [1.29, 1.82) is 0 Å². The lowest BCUT2D eigenvalue weighted by atomic mass is 10.5. The van der Waals surface area contributed by atoms with Crippen molar-refractivity contribution in [3.8, 4) is 0 Å². The second-order valence-corrected chi connectivity index (χ2v) is 5.92. The van der Waals surface area contributed by atoms with Crippen LogP contribution in [0.4, 0.5) is 4.79 Å². The molecule has 1 aliphatic rings. The predicted molar refractivity (Wildman–Crippen MR) is 71.4 cm³/mol. The quantitative estimate of drug-likeness (QED) is 0.611. The van der Waals surface area contributed by atoms with E-state index in [1.54, 1.807) is 32.7 Å². The Labute approximate surface area is 114 Å². The van der Waals surface area contributed by atoms with Crippen LogP contribution in [0.3, 0.4) is 0 Å². The van der Waals surface area contributed by atoms with Gasteiger partial charge in [-0.1, -0.05) is 16.9 Å². The van der Waals surface area contributed by atoms with Crippen molar-refractivity contribution in [3.05, 3.63) is 24.4 Å². The zero-order valence-corrected chi connectivity index (χ0v) is 11.4. The van der Waals surface area contributed by atoms with E-state index in [1.807, 2.05) is 18.2 Å². The lowest BCUT2D eigenvalue weighted by molar-refractivity contribution is 0.0908. The van der Waals surface area contributed by atoms with Gasteiger partial charge in [0.25, 0.3) is 0 Å². The Morgan fingerprint density at radius 3 is 3.22 bits per heavy atom. The van der Waals surface area contributed by atoms with Crippen LogP contribution in [-0.2, 0) is 9.47 Å². The van der Waals surface area contributed by atoms with Crippen molar-refractivity contribution in [1.82, 2.24) is 9.88 Å². The van der Waals surface area contributed by atoms with E-state index >= 15 is 0 Å². The Morgan fingerprint density at radius 1 is 1.56 bits per heavy atom. The summed E-state index contributed by atoms with van der Waals surface area (Å²) in [7, 11) is 3.20. The molecule has 0 bridgehead atoms. The van der Waals surface area contributed by atoms with Crippen LogP contribution < -0.4 is 0 Å². The van der Waals surface area contributed by atoms with Gasteiger partial charge in [-0.2, -0.15) is 0 Å². The number of rotatable bonds is 5. The first kappa shape index (κ1) is 13.5. The van der Waals surface area contributed by atoms with Crippen LogP contribution in [0.5, 0.6) is 0 Å². The van der Waals surface area contributed by atoms with Crippen LogP contribution in [0.25, 0.3) is 0 Å². The molecule has 1 aromatic heterocycles. The van der Waals surface area contributed by atoms with Crippen molar-refractivity contribution < 1.29 is 14.3 Å². The third kappa shape index (κ3) is 4.40. The Kier molecular flexibility index (Phi) is 5.63. The Morgan fingerprint density at radius 2 is 2.50 bits per heavy atom. The molecule has 1 aliphatic heterocycles. The summed E-state index contributed by atoms with van der Waals surface area (Å²) in [5.41, 5.74) is 0. The molecule has 1 fully saturated rings. The van der Waals surface area contributed by atoms with Crippen molar-refractivity contribution in [2.75, 3.05) is 32.2 Å². The lowest BCUT2D eigenvalue weighted by Crippen LogP contribution is -2.29. The molecule has 2 rings (SSSR count). The molecule has 0 atom stereocenters. The molecule has 0 aromatic carbocycles. The Balaban J connectivity index is 1.54. The number of ether oxygens (including phenoxy) is 2. The molecule has 1 aromatic rings. The first-order valence-electron chi connectivity index (χ1n) is 5.56. The van der Waals surface area contributed by atoms with Gasteiger partial charge in [-0.05, 0) is 22.9 Å². The fraction of sp³-hybridized carbons (Fsp3) is 0.455. The van der Waals surface area contributed by atoms with E-state index in [0.717, 1.165) is 10.8 Å². The molecule has 1 saturated heterocycles. The minimum Gasteiger partial charge on any atom is -0.448 e. The molecule has 7 heteroatoms. The molecule has 0 aliphatic carbocycles. The number of amides is 1. The van der Waals surface area contributed by atoms with E-state index in [0.29, 0.717) is 26.5 Å². The van der Waals surface area contributed by atoms with Gasteiger partial charge in [0.2, 0.25) is 0 Å². The van der Waals surface area contributed by atoms with Crippen molar-refractivity contribution >= 4 is 27.7 Å². The topological polar surface area (TPSA) is 51.7 Å². The van der Waals surface area contributed by atoms with Gasteiger partial charge in [0.15, 0.2) is 0 Å². The molecule has 0 unspecified atom stereocenters. The average Bonchev–Trinajstić information content (AvgIpc) is 2.93. The minimum absolute atomic E-state index is 0.295. The molecule has 0 saturated carbocycles. The summed E-state index contributed by atoms with van der Waals surface area (Å²) in [6.07, 6.45) is 1.46. The SMILES string of the molecule is O=C(OCCSSc1ccccn1)N1CCOC1. The molecule has 5 nitrogen and oxygen atoms in total. The van der Waals surface area contributed by atoms with Crippen molar-refractivity contribution in [3.63, 3.8) is 0 Å². The molecule has 18 heavy (non-hydrogen) atoms. The van der Waals surface area contributed by atoms with Crippen molar-refractivity contribution in [2.24, 2.45) is 0 Å². The number of pyridine rings is 1. The standard InChI is InChI=1S/C11H14N2O3S2/c14-11(13-5-6-15-9-13)16-7-8-17-18-10-3-1-2-4-12-10/h1-4H,5-9H2. The van der Waals surface area contributed by atoms with Crippen molar-refractivity contribution in [2.45, 2.75) is 5.03 Å². The summed E-state index contributed by atoms with van der Waals surface area (Å²) in [5, 5.41) is 0.960. The number of nitrogens with zero attached hydrogens (tertiary/aromatic N) is 2. The third-order valence-corrected chi connectivity index (χ3v) is 4.41. The Bertz CT molecular complexity index is 372. The first-order chi connectivity index (χ1) is 8.86. The molecule has 98 valence electrons. The fourth-order valence-electron chi connectivity index (χ4n) is 1.31. The highest BCUT2D eigenvalue weighted by atomic mass is 33.1. The van der Waals surface area contributed by atoms with Gasteiger partial charge >= 0.3 is 6.09 Å². The van der Waals surface area contributed by atoms with E-state index < -0.39 is 0 Å². The number of hydrogen-bond donors (Lipinski definition) is 0. The summed E-state index contributed by atoms with van der Waals surface area (Å²) >= 11 is 0. The summed E-state index contributed by atoms with van der Waals surface area (Å²) in [4.78, 5) is 17.2. The molecular formula is C11H14N2O3S2. The largest absolute Gasteiger partial charge is 0.448 e. The first-order valence-corrected chi connectivity index (χ1v) is 7.88. The van der Waals surface area contributed by atoms with E-state index in [-0.39, 0.29) is 6.09 Å². The fourth-order valence-corrected chi connectivity index (χ4v) is 3.02.